The second kappa shape index (κ2) is 5.41. The summed E-state index contributed by atoms with van der Waals surface area (Å²) in [5.41, 5.74) is 6.67. The molecule has 0 saturated carbocycles. The number of nitrogens with zero attached hydrogens (tertiary/aromatic N) is 1. The van der Waals surface area contributed by atoms with Crippen LogP contribution in [-0.4, -0.2) is 30.5 Å². The van der Waals surface area contributed by atoms with Gasteiger partial charge in [-0.3, -0.25) is 4.79 Å². The Morgan fingerprint density at radius 3 is 2.55 bits per heavy atom. The Labute approximate surface area is 118 Å². The number of benzene rings is 2. The minimum atomic E-state index is 0.0587. The highest BCUT2D eigenvalue weighted by molar-refractivity contribution is 5.97. The first-order valence-electron chi connectivity index (χ1n) is 6.93. The number of carbonyl (C=O) groups is 1. The number of nitrogens with two attached hydrogens (primary N) is 1. The fourth-order valence-electron chi connectivity index (χ4n) is 2.62. The van der Waals surface area contributed by atoms with Crippen LogP contribution < -0.4 is 10.5 Å². The lowest BCUT2D eigenvalue weighted by molar-refractivity contribution is -0.132. The van der Waals surface area contributed by atoms with E-state index in [1.165, 1.54) is 0 Å². The van der Waals surface area contributed by atoms with Gasteiger partial charge in [-0.05, 0) is 25.0 Å². The summed E-state index contributed by atoms with van der Waals surface area (Å²) in [5, 5.41) is 1.90. The summed E-state index contributed by atoms with van der Waals surface area (Å²) in [4.78, 5) is 13.9. The second-order valence-corrected chi connectivity index (χ2v) is 5.08. The molecule has 1 aliphatic rings. The molecule has 0 unspecified atom stereocenters. The van der Waals surface area contributed by atoms with Crippen molar-refractivity contribution in [3.63, 3.8) is 0 Å². The highest BCUT2D eigenvalue weighted by Crippen LogP contribution is 2.29. The zero-order chi connectivity index (χ0) is 13.9. The van der Waals surface area contributed by atoms with Crippen molar-refractivity contribution in [2.75, 3.05) is 25.4 Å². The van der Waals surface area contributed by atoms with Crippen LogP contribution in [0.1, 0.15) is 12.8 Å². The van der Waals surface area contributed by atoms with Crippen molar-refractivity contribution in [3.05, 3.63) is 36.4 Å². The maximum atomic E-state index is 12.0. The highest BCUT2D eigenvalue weighted by Gasteiger charge is 2.18. The maximum Gasteiger partial charge on any atom is 0.260 e. The van der Waals surface area contributed by atoms with Crippen LogP contribution in [0.15, 0.2) is 36.4 Å². The Kier molecular flexibility index (Phi) is 3.46. The SMILES string of the molecule is Nc1ccc(OCC(=O)N2CCCC2)c2ccccc12. The Morgan fingerprint density at radius 2 is 1.80 bits per heavy atom. The quantitative estimate of drug-likeness (QED) is 0.871. The molecule has 1 amide bonds. The third kappa shape index (κ3) is 2.41. The summed E-state index contributed by atoms with van der Waals surface area (Å²) >= 11 is 0. The van der Waals surface area contributed by atoms with Crippen LogP contribution in [-0.2, 0) is 4.79 Å². The molecular weight excluding hydrogens is 252 g/mol. The normalized spacial score (nSPS) is 14.7. The summed E-state index contributed by atoms with van der Waals surface area (Å²) in [7, 11) is 0. The van der Waals surface area contributed by atoms with Gasteiger partial charge in [-0.15, -0.1) is 0 Å². The van der Waals surface area contributed by atoms with Gasteiger partial charge in [0, 0.05) is 29.5 Å². The van der Waals surface area contributed by atoms with Gasteiger partial charge in [0.2, 0.25) is 0 Å². The number of nitrogen functional groups attached to an aromatic ring is 1. The molecule has 3 rings (SSSR count). The Hall–Kier alpha value is -2.23. The monoisotopic (exact) mass is 270 g/mol. The van der Waals surface area contributed by atoms with Crippen LogP contribution in [0.25, 0.3) is 10.8 Å². The lowest BCUT2D eigenvalue weighted by Gasteiger charge is -2.16. The molecule has 0 aliphatic carbocycles. The molecule has 0 atom stereocenters. The lowest BCUT2D eigenvalue weighted by Crippen LogP contribution is -2.32. The summed E-state index contributed by atoms with van der Waals surface area (Å²) < 4.78 is 5.70. The van der Waals surface area contributed by atoms with Crippen LogP contribution in [0.4, 0.5) is 5.69 Å². The summed E-state index contributed by atoms with van der Waals surface area (Å²) in [6, 6.07) is 11.4. The summed E-state index contributed by atoms with van der Waals surface area (Å²) in [6.07, 6.45) is 2.19. The van der Waals surface area contributed by atoms with Gasteiger partial charge in [-0.1, -0.05) is 24.3 Å². The Balaban J connectivity index is 1.77. The smallest absolute Gasteiger partial charge is 0.260 e. The Morgan fingerprint density at radius 1 is 1.10 bits per heavy atom. The number of fused-ring (bicyclic) bond motifs is 1. The molecule has 104 valence electrons. The van der Waals surface area contributed by atoms with Crippen molar-refractivity contribution in [2.24, 2.45) is 0 Å². The predicted octanol–water partition coefficient (Wildman–Crippen LogP) is 2.42. The molecule has 1 heterocycles. The first-order valence-corrected chi connectivity index (χ1v) is 6.93. The number of anilines is 1. The molecule has 4 nitrogen and oxygen atoms in total. The molecule has 1 saturated heterocycles. The molecule has 1 aliphatic heterocycles. The fourth-order valence-corrected chi connectivity index (χ4v) is 2.62. The van der Waals surface area contributed by atoms with Gasteiger partial charge in [-0.25, -0.2) is 0 Å². The van der Waals surface area contributed by atoms with Gasteiger partial charge in [0.05, 0.1) is 0 Å². The molecular formula is C16H18N2O2. The van der Waals surface area contributed by atoms with Gasteiger partial charge in [0.25, 0.3) is 5.91 Å². The van der Waals surface area contributed by atoms with Crippen molar-refractivity contribution < 1.29 is 9.53 Å². The number of ether oxygens (including phenoxy) is 1. The topological polar surface area (TPSA) is 55.6 Å². The largest absolute Gasteiger partial charge is 0.483 e. The zero-order valence-corrected chi connectivity index (χ0v) is 11.3. The van der Waals surface area contributed by atoms with Crippen LogP contribution >= 0.6 is 0 Å². The van der Waals surface area contributed by atoms with E-state index in [-0.39, 0.29) is 12.5 Å². The van der Waals surface area contributed by atoms with E-state index >= 15 is 0 Å². The van der Waals surface area contributed by atoms with Crippen molar-refractivity contribution in [3.8, 4) is 5.75 Å². The van der Waals surface area contributed by atoms with Crippen molar-refractivity contribution in [1.29, 1.82) is 0 Å². The average Bonchev–Trinajstić information content (AvgIpc) is 3.01. The molecule has 2 aromatic rings. The molecule has 2 N–H and O–H groups in total. The minimum Gasteiger partial charge on any atom is -0.483 e. The lowest BCUT2D eigenvalue weighted by atomic mass is 10.1. The van der Waals surface area contributed by atoms with Crippen LogP contribution in [0.3, 0.4) is 0 Å². The van der Waals surface area contributed by atoms with Crippen molar-refractivity contribution in [2.45, 2.75) is 12.8 Å². The first kappa shape index (κ1) is 12.8. The van der Waals surface area contributed by atoms with E-state index < -0.39 is 0 Å². The molecule has 1 fully saturated rings. The fraction of sp³-hybridized carbons (Fsp3) is 0.312. The number of hydrogen-bond donors (Lipinski definition) is 1. The van der Waals surface area contributed by atoms with Crippen LogP contribution in [0, 0.1) is 0 Å². The Bertz CT molecular complexity index is 633. The van der Waals surface area contributed by atoms with Gasteiger partial charge >= 0.3 is 0 Å². The van der Waals surface area contributed by atoms with Crippen molar-refractivity contribution in [1.82, 2.24) is 4.90 Å². The molecule has 2 aromatic carbocycles. The van der Waals surface area contributed by atoms with Gasteiger partial charge < -0.3 is 15.4 Å². The van der Waals surface area contributed by atoms with E-state index in [0.717, 1.165) is 42.4 Å². The van der Waals surface area contributed by atoms with E-state index in [2.05, 4.69) is 0 Å². The van der Waals surface area contributed by atoms with E-state index in [9.17, 15) is 4.79 Å². The van der Waals surface area contributed by atoms with E-state index in [1.807, 2.05) is 41.3 Å². The number of carbonyl (C=O) groups excluding carboxylic acids is 1. The van der Waals surface area contributed by atoms with Crippen LogP contribution in [0.5, 0.6) is 5.75 Å². The molecule has 0 radical (unpaired) electrons. The average molecular weight is 270 g/mol. The summed E-state index contributed by atoms with van der Waals surface area (Å²) in [6.45, 7) is 1.79. The molecule has 0 bridgehead atoms. The molecule has 20 heavy (non-hydrogen) atoms. The second-order valence-electron chi connectivity index (χ2n) is 5.08. The van der Waals surface area contributed by atoms with Gasteiger partial charge in [-0.2, -0.15) is 0 Å². The molecule has 0 spiro atoms. The summed E-state index contributed by atoms with van der Waals surface area (Å²) in [5.74, 6) is 0.769. The third-order valence-corrected chi connectivity index (χ3v) is 3.73. The predicted molar refractivity (Wildman–Crippen MR) is 79.7 cm³/mol. The molecule has 4 heteroatoms. The van der Waals surface area contributed by atoms with E-state index in [4.69, 9.17) is 10.5 Å². The maximum absolute atomic E-state index is 12.0. The third-order valence-electron chi connectivity index (χ3n) is 3.73. The van der Waals surface area contributed by atoms with E-state index in [0.29, 0.717) is 5.75 Å². The van der Waals surface area contributed by atoms with Crippen LogP contribution in [0.2, 0.25) is 0 Å². The van der Waals surface area contributed by atoms with Gasteiger partial charge in [0.15, 0.2) is 6.61 Å². The number of amides is 1. The van der Waals surface area contributed by atoms with Crippen molar-refractivity contribution >= 4 is 22.4 Å². The minimum absolute atomic E-state index is 0.0587. The number of hydrogen-bond acceptors (Lipinski definition) is 3. The molecule has 0 aromatic heterocycles. The number of rotatable bonds is 3. The highest BCUT2D eigenvalue weighted by atomic mass is 16.5. The standard InChI is InChI=1S/C16H18N2O2/c17-14-7-8-15(13-6-2-1-5-12(13)14)20-11-16(19)18-9-3-4-10-18/h1-2,5-8H,3-4,9-11,17H2. The number of likely N-dealkylation sites (tertiary alicyclic amines) is 1. The first-order chi connectivity index (χ1) is 9.75. The zero-order valence-electron chi connectivity index (χ0n) is 11.3. The van der Waals surface area contributed by atoms with E-state index in [1.54, 1.807) is 0 Å². The van der Waals surface area contributed by atoms with Gasteiger partial charge in [0.1, 0.15) is 5.75 Å².